The number of carboxylic acids is 1. The first-order valence-electron chi connectivity index (χ1n) is 7.96. The van der Waals surface area contributed by atoms with Crippen LogP contribution in [0.4, 0.5) is 0 Å². The van der Waals surface area contributed by atoms with Gasteiger partial charge in [0.1, 0.15) is 0 Å². The van der Waals surface area contributed by atoms with E-state index in [4.69, 9.17) is 19.3 Å². The molecule has 1 spiro atoms. The molecule has 0 bridgehead atoms. The second-order valence-electron chi connectivity index (χ2n) is 6.38. The summed E-state index contributed by atoms with van der Waals surface area (Å²) in [6.45, 7) is 4.63. The summed E-state index contributed by atoms with van der Waals surface area (Å²) in [7, 11) is 0. The first-order valence-corrected chi connectivity index (χ1v) is 7.96. The van der Waals surface area contributed by atoms with Gasteiger partial charge in [0.25, 0.3) is 0 Å². The average Bonchev–Trinajstić information content (AvgIpc) is 2.48. The molecule has 2 atom stereocenters. The topological polar surface area (TPSA) is 68.2 Å². The molecule has 6 heteroatoms. The summed E-state index contributed by atoms with van der Waals surface area (Å²) in [5.74, 6) is -0.783. The van der Waals surface area contributed by atoms with Crippen molar-refractivity contribution in [3.8, 4) is 0 Å². The minimum absolute atomic E-state index is 0.0121. The van der Waals surface area contributed by atoms with Gasteiger partial charge in [-0.15, -0.1) is 0 Å². The van der Waals surface area contributed by atoms with Gasteiger partial charge in [0.15, 0.2) is 0 Å². The third-order valence-electron chi connectivity index (χ3n) is 4.96. The lowest BCUT2D eigenvalue weighted by Gasteiger charge is -2.48. The molecule has 0 aromatic rings. The Bertz CT molecular complexity index is 364. The van der Waals surface area contributed by atoms with Crippen LogP contribution in [0.15, 0.2) is 0 Å². The monoisotopic (exact) mass is 299 g/mol. The number of rotatable bonds is 3. The zero-order valence-corrected chi connectivity index (χ0v) is 12.5. The zero-order chi connectivity index (χ0) is 14.7. The van der Waals surface area contributed by atoms with Crippen molar-refractivity contribution in [1.82, 2.24) is 4.90 Å². The molecule has 0 saturated carbocycles. The summed E-state index contributed by atoms with van der Waals surface area (Å²) >= 11 is 0. The number of carboxylic acid groups (broad SMARTS) is 1. The summed E-state index contributed by atoms with van der Waals surface area (Å²) in [5, 5.41) is 8.93. The highest BCUT2D eigenvalue weighted by Gasteiger charge is 2.41. The van der Waals surface area contributed by atoms with Crippen LogP contribution in [0.1, 0.15) is 32.1 Å². The molecule has 0 aromatic carbocycles. The molecule has 0 amide bonds. The molecule has 3 aliphatic heterocycles. The second-order valence-corrected chi connectivity index (χ2v) is 6.38. The molecule has 3 fully saturated rings. The molecule has 3 saturated heterocycles. The fourth-order valence-corrected chi connectivity index (χ4v) is 3.80. The lowest BCUT2D eigenvalue weighted by Crippen LogP contribution is -2.55. The Balaban J connectivity index is 1.58. The molecule has 0 aromatic heterocycles. The van der Waals surface area contributed by atoms with Gasteiger partial charge in [0.05, 0.1) is 24.7 Å². The lowest BCUT2D eigenvalue weighted by molar-refractivity contribution is -0.162. The highest BCUT2D eigenvalue weighted by Crippen LogP contribution is 2.36. The van der Waals surface area contributed by atoms with E-state index in [1.54, 1.807) is 0 Å². The van der Waals surface area contributed by atoms with E-state index in [1.807, 2.05) is 0 Å². The molecule has 3 heterocycles. The van der Waals surface area contributed by atoms with Crippen LogP contribution in [0.5, 0.6) is 0 Å². The Morgan fingerprint density at radius 1 is 1.24 bits per heavy atom. The Morgan fingerprint density at radius 3 is 2.81 bits per heavy atom. The van der Waals surface area contributed by atoms with Crippen LogP contribution < -0.4 is 0 Å². The quantitative estimate of drug-likeness (QED) is 0.835. The van der Waals surface area contributed by atoms with Crippen LogP contribution in [0, 0.1) is 0 Å². The second kappa shape index (κ2) is 6.60. The van der Waals surface area contributed by atoms with Crippen molar-refractivity contribution in [2.45, 2.75) is 49.9 Å². The number of nitrogens with zero attached hydrogens (tertiary/aromatic N) is 1. The van der Waals surface area contributed by atoms with E-state index in [9.17, 15) is 4.79 Å². The third-order valence-corrected chi connectivity index (χ3v) is 4.96. The molecule has 3 rings (SSSR count). The van der Waals surface area contributed by atoms with Crippen molar-refractivity contribution in [3.63, 3.8) is 0 Å². The van der Waals surface area contributed by atoms with Crippen LogP contribution >= 0.6 is 0 Å². The molecule has 120 valence electrons. The van der Waals surface area contributed by atoms with E-state index in [2.05, 4.69) is 4.90 Å². The number of morpholine rings is 1. The van der Waals surface area contributed by atoms with Gasteiger partial charge < -0.3 is 19.3 Å². The van der Waals surface area contributed by atoms with Gasteiger partial charge in [-0.05, 0) is 25.7 Å². The molecular formula is C15H25NO5. The zero-order valence-electron chi connectivity index (χ0n) is 12.5. The van der Waals surface area contributed by atoms with E-state index < -0.39 is 5.97 Å². The van der Waals surface area contributed by atoms with Crippen molar-refractivity contribution in [2.75, 3.05) is 39.5 Å². The first kappa shape index (κ1) is 15.2. The number of hydrogen-bond acceptors (Lipinski definition) is 5. The van der Waals surface area contributed by atoms with Crippen LogP contribution in [0.25, 0.3) is 0 Å². The summed E-state index contributed by atoms with van der Waals surface area (Å²) in [5.41, 5.74) is -0.0121. The Kier molecular flexibility index (Phi) is 4.78. The number of hydrogen-bond donors (Lipinski definition) is 1. The summed E-state index contributed by atoms with van der Waals surface area (Å²) in [6.07, 6.45) is 3.94. The van der Waals surface area contributed by atoms with Crippen LogP contribution in [-0.4, -0.2) is 73.2 Å². The molecule has 6 nitrogen and oxygen atoms in total. The molecule has 1 N–H and O–H groups in total. The number of ether oxygens (including phenoxy) is 3. The molecule has 3 aliphatic rings. The number of aliphatic carboxylic acids is 1. The Morgan fingerprint density at radius 2 is 2.05 bits per heavy atom. The standard InChI is InChI=1S/C15H25NO5/c17-14(18)9-13-11-16(4-8-20-13)12-1-5-21-15(10-12)2-6-19-7-3-15/h12-13H,1-11H2,(H,17,18). The largest absolute Gasteiger partial charge is 0.481 e. The minimum atomic E-state index is -0.783. The van der Waals surface area contributed by atoms with Crippen LogP contribution in [-0.2, 0) is 19.0 Å². The first-order chi connectivity index (χ1) is 10.2. The SMILES string of the molecule is O=C(O)CC1CN(C2CCOC3(CCOCC3)C2)CCO1. The van der Waals surface area contributed by atoms with Crippen molar-refractivity contribution in [2.24, 2.45) is 0 Å². The minimum Gasteiger partial charge on any atom is -0.481 e. The molecule has 2 unspecified atom stereocenters. The average molecular weight is 299 g/mol. The summed E-state index contributed by atoms with van der Waals surface area (Å²) in [4.78, 5) is 13.3. The van der Waals surface area contributed by atoms with Gasteiger partial charge in [-0.1, -0.05) is 0 Å². The highest BCUT2D eigenvalue weighted by molar-refractivity contribution is 5.67. The van der Waals surface area contributed by atoms with E-state index >= 15 is 0 Å². The predicted molar refractivity (Wildman–Crippen MR) is 75.3 cm³/mol. The fourth-order valence-electron chi connectivity index (χ4n) is 3.80. The fraction of sp³-hybridized carbons (Fsp3) is 0.933. The highest BCUT2D eigenvalue weighted by atomic mass is 16.5. The van der Waals surface area contributed by atoms with Gasteiger partial charge in [0.2, 0.25) is 0 Å². The van der Waals surface area contributed by atoms with E-state index in [1.165, 1.54) is 0 Å². The maximum Gasteiger partial charge on any atom is 0.306 e. The summed E-state index contributed by atoms with van der Waals surface area (Å²) in [6, 6.07) is 0.483. The third kappa shape index (κ3) is 3.74. The van der Waals surface area contributed by atoms with Gasteiger partial charge in [0, 0.05) is 39.0 Å². The molecule has 0 radical (unpaired) electrons. The lowest BCUT2D eigenvalue weighted by atomic mass is 9.83. The van der Waals surface area contributed by atoms with Gasteiger partial charge in [-0.25, -0.2) is 0 Å². The maximum absolute atomic E-state index is 10.9. The van der Waals surface area contributed by atoms with Crippen molar-refractivity contribution < 1.29 is 24.1 Å². The molecular weight excluding hydrogens is 274 g/mol. The summed E-state index contributed by atoms with van der Waals surface area (Å²) < 4.78 is 17.1. The molecule has 0 aliphatic carbocycles. The maximum atomic E-state index is 10.9. The van der Waals surface area contributed by atoms with Gasteiger partial charge in [-0.3, -0.25) is 9.69 Å². The normalized spacial score (nSPS) is 33.9. The van der Waals surface area contributed by atoms with Gasteiger partial charge >= 0.3 is 5.97 Å². The van der Waals surface area contributed by atoms with Crippen LogP contribution in [0.2, 0.25) is 0 Å². The van der Waals surface area contributed by atoms with Crippen molar-refractivity contribution in [1.29, 1.82) is 0 Å². The predicted octanol–water partition coefficient (Wildman–Crippen LogP) is 0.890. The van der Waals surface area contributed by atoms with Gasteiger partial charge in [-0.2, -0.15) is 0 Å². The molecule has 21 heavy (non-hydrogen) atoms. The van der Waals surface area contributed by atoms with Crippen LogP contribution in [0.3, 0.4) is 0 Å². The van der Waals surface area contributed by atoms with E-state index in [0.29, 0.717) is 12.6 Å². The Hall–Kier alpha value is -0.690. The smallest absolute Gasteiger partial charge is 0.306 e. The van der Waals surface area contributed by atoms with Crippen molar-refractivity contribution in [3.05, 3.63) is 0 Å². The number of carbonyl (C=O) groups is 1. The Labute approximate surface area is 125 Å². The van der Waals surface area contributed by atoms with E-state index in [0.717, 1.165) is 58.6 Å². The van der Waals surface area contributed by atoms with Crippen molar-refractivity contribution >= 4 is 5.97 Å². The van der Waals surface area contributed by atoms with E-state index in [-0.39, 0.29) is 18.1 Å².